The van der Waals surface area contributed by atoms with Gasteiger partial charge in [0.25, 0.3) is 0 Å². The number of hydrazone groups is 1. The van der Waals surface area contributed by atoms with Gasteiger partial charge in [-0.2, -0.15) is 20.1 Å². The number of hydrogen-bond donors (Lipinski definition) is 3. The summed E-state index contributed by atoms with van der Waals surface area (Å²) in [5.41, 5.74) is 4.99. The van der Waals surface area contributed by atoms with E-state index < -0.39 is 0 Å². The zero-order valence-corrected chi connectivity index (χ0v) is 16.2. The Hall–Kier alpha value is -3.04. The second-order valence-corrected chi connectivity index (χ2v) is 6.81. The number of rotatable bonds is 8. The number of hydrogen-bond acceptors (Lipinski definition) is 8. The van der Waals surface area contributed by atoms with Crippen LogP contribution in [0.2, 0.25) is 0 Å². The van der Waals surface area contributed by atoms with E-state index in [1.54, 1.807) is 6.21 Å². The van der Waals surface area contributed by atoms with Crippen LogP contribution in [0, 0.1) is 0 Å². The molecule has 3 N–H and O–H groups in total. The molecule has 3 aromatic rings. The average Bonchev–Trinajstić information content (AvgIpc) is 3.18. The number of ether oxygens (including phenoxy) is 1. The summed E-state index contributed by atoms with van der Waals surface area (Å²) in [6.45, 7) is 2.98. The maximum Gasteiger partial charge on any atom is 0.248 e. The molecule has 1 fully saturated rings. The monoisotopic (exact) mass is 395 g/mol. The summed E-state index contributed by atoms with van der Waals surface area (Å²) in [5, 5.41) is 14.5. The van der Waals surface area contributed by atoms with Crippen molar-refractivity contribution in [1.82, 2.24) is 19.9 Å². The summed E-state index contributed by atoms with van der Waals surface area (Å²) >= 11 is 0. The summed E-state index contributed by atoms with van der Waals surface area (Å²) in [7, 11) is 0. The number of H-pyrrole nitrogens is 1. The number of aliphatic hydroxyl groups excluding tert-OH is 1. The van der Waals surface area contributed by atoms with Gasteiger partial charge in [-0.15, -0.1) is 0 Å². The SMILES string of the molecule is OCCCCc1nc(NN=Cc2c[nH]c3ccccc23)nc(N2CCOCC2)n1. The molecular formula is C20H25N7O2. The molecule has 0 bridgehead atoms. The van der Waals surface area contributed by atoms with Crippen molar-refractivity contribution < 1.29 is 9.84 Å². The smallest absolute Gasteiger partial charge is 0.248 e. The fourth-order valence-electron chi connectivity index (χ4n) is 3.23. The molecule has 1 saturated heterocycles. The van der Waals surface area contributed by atoms with Crippen LogP contribution >= 0.6 is 0 Å². The van der Waals surface area contributed by atoms with Crippen molar-refractivity contribution in [2.45, 2.75) is 19.3 Å². The minimum Gasteiger partial charge on any atom is -0.396 e. The molecule has 1 aromatic carbocycles. The van der Waals surface area contributed by atoms with Crippen LogP contribution in [0.1, 0.15) is 24.2 Å². The van der Waals surface area contributed by atoms with Gasteiger partial charge in [0.05, 0.1) is 19.4 Å². The first-order valence-corrected chi connectivity index (χ1v) is 9.87. The van der Waals surface area contributed by atoms with Crippen LogP contribution in [-0.4, -0.2) is 64.2 Å². The quantitative estimate of drug-likeness (QED) is 0.304. The molecule has 1 aliphatic rings. The van der Waals surface area contributed by atoms with Gasteiger partial charge in [0, 0.05) is 48.8 Å². The van der Waals surface area contributed by atoms with E-state index in [0.29, 0.717) is 37.4 Å². The molecule has 0 unspecified atom stereocenters. The van der Waals surface area contributed by atoms with Crippen LogP contribution in [0.15, 0.2) is 35.6 Å². The van der Waals surface area contributed by atoms with Crippen LogP contribution < -0.4 is 10.3 Å². The Kier molecular flexibility index (Phi) is 6.28. The van der Waals surface area contributed by atoms with E-state index in [1.165, 1.54) is 0 Å². The van der Waals surface area contributed by atoms with Crippen molar-refractivity contribution in [3.05, 3.63) is 41.9 Å². The van der Waals surface area contributed by atoms with E-state index in [9.17, 15) is 0 Å². The van der Waals surface area contributed by atoms with Crippen LogP contribution in [0.5, 0.6) is 0 Å². The Labute approximate surface area is 168 Å². The summed E-state index contributed by atoms with van der Waals surface area (Å²) in [4.78, 5) is 18.9. The summed E-state index contributed by atoms with van der Waals surface area (Å²) in [5.74, 6) is 1.74. The second kappa shape index (κ2) is 9.44. The van der Waals surface area contributed by atoms with Crippen molar-refractivity contribution in [2.24, 2.45) is 5.10 Å². The number of nitrogens with one attached hydrogen (secondary N) is 2. The van der Waals surface area contributed by atoms with Crippen LogP contribution in [-0.2, 0) is 11.2 Å². The number of morpholine rings is 1. The number of aromatic nitrogens is 4. The van der Waals surface area contributed by atoms with Gasteiger partial charge in [-0.25, -0.2) is 5.43 Å². The first kappa shape index (κ1) is 19.3. The Morgan fingerprint density at radius 1 is 1.17 bits per heavy atom. The number of aryl methyl sites for hydroxylation is 1. The summed E-state index contributed by atoms with van der Waals surface area (Å²) in [6.07, 6.45) is 5.90. The van der Waals surface area contributed by atoms with Crippen molar-refractivity contribution in [1.29, 1.82) is 0 Å². The molecule has 1 aliphatic heterocycles. The zero-order valence-electron chi connectivity index (χ0n) is 16.2. The number of aromatic amines is 1. The van der Waals surface area contributed by atoms with E-state index in [-0.39, 0.29) is 6.61 Å². The Morgan fingerprint density at radius 2 is 2.03 bits per heavy atom. The lowest BCUT2D eigenvalue weighted by Gasteiger charge is -2.27. The first-order valence-electron chi connectivity index (χ1n) is 9.87. The predicted octanol–water partition coefficient (Wildman–Crippen LogP) is 1.95. The molecule has 152 valence electrons. The number of unbranched alkanes of at least 4 members (excludes halogenated alkanes) is 1. The number of benzene rings is 1. The highest BCUT2D eigenvalue weighted by molar-refractivity contribution is 5.99. The number of aliphatic hydroxyl groups is 1. The van der Waals surface area contributed by atoms with Gasteiger partial charge in [-0.05, 0) is 18.9 Å². The highest BCUT2D eigenvalue weighted by Gasteiger charge is 2.16. The van der Waals surface area contributed by atoms with Gasteiger partial charge in [0.2, 0.25) is 11.9 Å². The van der Waals surface area contributed by atoms with Crippen molar-refractivity contribution in [3.8, 4) is 0 Å². The highest BCUT2D eigenvalue weighted by atomic mass is 16.5. The minimum absolute atomic E-state index is 0.168. The van der Waals surface area contributed by atoms with Crippen LogP contribution in [0.3, 0.4) is 0 Å². The lowest BCUT2D eigenvalue weighted by Crippen LogP contribution is -2.37. The van der Waals surface area contributed by atoms with E-state index in [0.717, 1.165) is 42.4 Å². The highest BCUT2D eigenvalue weighted by Crippen LogP contribution is 2.17. The third-order valence-corrected chi connectivity index (χ3v) is 4.76. The fourth-order valence-corrected chi connectivity index (χ4v) is 3.23. The van der Waals surface area contributed by atoms with Crippen molar-refractivity contribution in [3.63, 3.8) is 0 Å². The van der Waals surface area contributed by atoms with Gasteiger partial charge in [0.1, 0.15) is 5.82 Å². The first-order chi connectivity index (χ1) is 14.3. The molecule has 3 heterocycles. The molecule has 0 atom stereocenters. The number of para-hydroxylation sites is 1. The molecular weight excluding hydrogens is 370 g/mol. The van der Waals surface area contributed by atoms with Gasteiger partial charge >= 0.3 is 0 Å². The lowest BCUT2D eigenvalue weighted by atomic mass is 10.2. The van der Waals surface area contributed by atoms with E-state index in [1.807, 2.05) is 30.5 Å². The Balaban J connectivity index is 1.52. The normalized spacial score (nSPS) is 14.7. The maximum atomic E-state index is 9.03. The van der Waals surface area contributed by atoms with Crippen molar-refractivity contribution >= 4 is 29.0 Å². The molecule has 29 heavy (non-hydrogen) atoms. The molecule has 4 rings (SSSR count). The Bertz CT molecular complexity index is 966. The molecule has 0 saturated carbocycles. The predicted molar refractivity (Wildman–Crippen MR) is 112 cm³/mol. The van der Waals surface area contributed by atoms with E-state index in [4.69, 9.17) is 9.84 Å². The third kappa shape index (κ3) is 4.87. The fraction of sp³-hybridized carbons (Fsp3) is 0.400. The summed E-state index contributed by atoms with van der Waals surface area (Å²) < 4.78 is 5.42. The zero-order chi connectivity index (χ0) is 19.9. The molecule has 0 aliphatic carbocycles. The van der Waals surface area contributed by atoms with E-state index in [2.05, 4.69) is 35.4 Å². The van der Waals surface area contributed by atoms with E-state index >= 15 is 0 Å². The molecule has 0 amide bonds. The minimum atomic E-state index is 0.168. The standard InChI is InChI=1S/C20H25N7O2/c28-10-4-3-7-18-23-19(25-20(24-18)27-8-11-29-12-9-27)26-22-14-15-13-21-17-6-2-1-5-16(15)17/h1-2,5-6,13-14,21,28H,3-4,7-12H2,(H,23,24,25,26). The topological polar surface area (TPSA) is 112 Å². The largest absolute Gasteiger partial charge is 0.396 e. The molecule has 2 aromatic heterocycles. The third-order valence-electron chi connectivity index (χ3n) is 4.76. The van der Waals surface area contributed by atoms with Crippen molar-refractivity contribution in [2.75, 3.05) is 43.2 Å². The second-order valence-electron chi connectivity index (χ2n) is 6.81. The van der Waals surface area contributed by atoms with Gasteiger partial charge in [-0.1, -0.05) is 18.2 Å². The number of nitrogens with zero attached hydrogens (tertiary/aromatic N) is 5. The number of anilines is 2. The van der Waals surface area contributed by atoms with Crippen LogP contribution in [0.4, 0.5) is 11.9 Å². The van der Waals surface area contributed by atoms with Gasteiger partial charge < -0.3 is 19.7 Å². The van der Waals surface area contributed by atoms with Gasteiger partial charge in [0.15, 0.2) is 0 Å². The average molecular weight is 395 g/mol. The molecule has 0 radical (unpaired) electrons. The summed E-state index contributed by atoms with van der Waals surface area (Å²) in [6, 6.07) is 8.07. The van der Waals surface area contributed by atoms with Crippen LogP contribution in [0.25, 0.3) is 10.9 Å². The Morgan fingerprint density at radius 3 is 2.90 bits per heavy atom. The lowest BCUT2D eigenvalue weighted by molar-refractivity contribution is 0.122. The van der Waals surface area contributed by atoms with Gasteiger partial charge in [-0.3, -0.25) is 0 Å². The number of fused-ring (bicyclic) bond motifs is 1. The molecule has 0 spiro atoms. The maximum absolute atomic E-state index is 9.03. The molecule has 9 heteroatoms. The molecule has 9 nitrogen and oxygen atoms in total.